The minimum Gasteiger partial charge on any atom is -0.465 e. The first kappa shape index (κ1) is 17.0. The predicted octanol–water partition coefficient (Wildman–Crippen LogP) is 2.39. The molecule has 1 fully saturated rings. The summed E-state index contributed by atoms with van der Waals surface area (Å²) in [5, 5.41) is 7.05. The van der Waals surface area contributed by atoms with Crippen LogP contribution in [0, 0.1) is 5.92 Å². The highest BCUT2D eigenvalue weighted by Gasteiger charge is 2.26. The van der Waals surface area contributed by atoms with Crippen LogP contribution >= 0.6 is 0 Å². The largest absolute Gasteiger partial charge is 0.465 e. The maximum absolute atomic E-state index is 12.3. The average molecular weight is 342 g/mol. The molecule has 2 amide bonds. The van der Waals surface area contributed by atoms with Gasteiger partial charge in [-0.3, -0.25) is 14.3 Å². The van der Waals surface area contributed by atoms with E-state index >= 15 is 0 Å². The van der Waals surface area contributed by atoms with Gasteiger partial charge in [-0.25, -0.2) is 0 Å². The van der Waals surface area contributed by atoms with Crippen molar-refractivity contribution in [2.45, 2.75) is 26.3 Å². The van der Waals surface area contributed by atoms with Crippen LogP contribution in [0.5, 0.6) is 0 Å². The van der Waals surface area contributed by atoms with E-state index < -0.39 is 0 Å². The number of nitrogens with one attached hydrogen (secondary N) is 1. The lowest BCUT2D eigenvalue weighted by Crippen LogP contribution is -2.40. The van der Waals surface area contributed by atoms with Crippen molar-refractivity contribution in [1.29, 1.82) is 0 Å². The highest BCUT2D eigenvalue weighted by molar-refractivity contribution is 5.93. The van der Waals surface area contributed by atoms with Crippen LogP contribution in [-0.2, 0) is 16.1 Å². The minimum atomic E-state index is -0.0805. The van der Waals surface area contributed by atoms with Crippen molar-refractivity contribution in [3.05, 3.63) is 42.6 Å². The van der Waals surface area contributed by atoms with Gasteiger partial charge in [0.05, 0.1) is 18.1 Å². The molecule has 0 radical (unpaired) electrons. The van der Waals surface area contributed by atoms with Crippen molar-refractivity contribution in [1.82, 2.24) is 14.7 Å². The fraction of sp³-hybridized carbons (Fsp3) is 0.389. The van der Waals surface area contributed by atoms with Crippen LogP contribution < -0.4 is 5.32 Å². The van der Waals surface area contributed by atoms with Crippen LogP contribution in [0.3, 0.4) is 0 Å². The third-order valence-electron chi connectivity index (χ3n) is 4.34. The molecule has 0 atom stereocenters. The number of piperidine rings is 1. The second kappa shape index (κ2) is 7.83. The van der Waals surface area contributed by atoms with Crippen LogP contribution in [0.15, 0.2) is 41.3 Å². The monoisotopic (exact) mass is 342 g/mol. The molecule has 1 saturated heterocycles. The van der Waals surface area contributed by atoms with E-state index in [9.17, 15) is 9.59 Å². The number of aryl methyl sites for hydroxylation is 1. The summed E-state index contributed by atoms with van der Waals surface area (Å²) in [4.78, 5) is 26.3. The number of rotatable bonds is 5. The van der Waals surface area contributed by atoms with E-state index in [4.69, 9.17) is 4.42 Å². The van der Waals surface area contributed by atoms with Gasteiger partial charge in [0.2, 0.25) is 11.8 Å². The molecule has 1 aliphatic heterocycles. The molecular formula is C18H22N4O3. The lowest BCUT2D eigenvalue weighted by atomic mass is 9.96. The van der Waals surface area contributed by atoms with E-state index in [-0.39, 0.29) is 17.7 Å². The first-order valence-corrected chi connectivity index (χ1v) is 8.49. The van der Waals surface area contributed by atoms with Crippen LogP contribution in [0.25, 0.3) is 6.08 Å². The summed E-state index contributed by atoms with van der Waals surface area (Å²) in [7, 11) is 0. The quantitative estimate of drug-likeness (QED) is 0.846. The van der Waals surface area contributed by atoms with Gasteiger partial charge in [-0.15, -0.1) is 0 Å². The first-order valence-electron chi connectivity index (χ1n) is 8.49. The number of likely N-dealkylation sites (tertiary alicyclic amines) is 1. The van der Waals surface area contributed by atoms with Crippen molar-refractivity contribution >= 4 is 23.6 Å². The number of hydrogen-bond acceptors (Lipinski definition) is 4. The summed E-state index contributed by atoms with van der Waals surface area (Å²) in [5.41, 5.74) is 0.715. The second-order valence-corrected chi connectivity index (χ2v) is 6.02. The molecule has 0 aliphatic carbocycles. The van der Waals surface area contributed by atoms with E-state index in [1.165, 1.54) is 6.08 Å². The number of nitrogens with zero attached hydrogens (tertiary/aromatic N) is 3. The number of carbonyl (C=O) groups is 2. The number of furan rings is 1. The molecule has 1 N–H and O–H groups in total. The topological polar surface area (TPSA) is 80.4 Å². The molecular weight excluding hydrogens is 320 g/mol. The molecule has 1 aliphatic rings. The zero-order chi connectivity index (χ0) is 17.6. The van der Waals surface area contributed by atoms with Crippen molar-refractivity contribution in [3.63, 3.8) is 0 Å². The lowest BCUT2D eigenvalue weighted by molar-refractivity contribution is -0.130. The molecule has 7 heteroatoms. The molecule has 0 unspecified atom stereocenters. The molecule has 2 aromatic rings. The maximum Gasteiger partial charge on any atom is 0.246 e. The Morgan fingerprint density at radius 1 is 1.40 bits per heavy atom. The SMILES string of the molecule is CCn1cc(NC(=O)C2CCN(C(=O)/C=C\c3ccco3)CC2)cn1. The maximum atomic E-state index is 12.3. The number of hydrogen-bond donors (Lipinski definition) is 1. The van der Waals surface area contributed by atoms with Crippen molar-refractivity contribution < 1.29 is 14.0 Å². The Morgan fingerprint density at radius 2 is 2.20 bits per heavy atom. The fourth-order valence-electron chi connectivity index (χ4n) is 2.85. The summed E-state index contributed by atoms with van der Waals surface area (Å²) < 4.78 is 6.93. The third-order valence-corrected chi connectivity index (χ3v) is 4.34. The Kier molecular flexibility index (Phi) is 5.33. The number of anilines is 1. The first-order chi connectivity index (χ1) is 12.2. The van der Waals surface area contributed by atoms with Crippen LogP contribution in [0.4, 0.5) is 5.69 Å². The molecule has 2 aromatic heterocycles. The predicted molar refractivity (Wildman–Crippen MR) is 93.6 cm³/mol. The fourth-order valence-corrected chi connectivity index (χ4v) is 2.85. The van der Waals surface area contributed by atoms with Gasteiger partial charge in [-0.1, -0.05) is 0 Å². The van der Waals surface area contributed by atoms with Gasteiger partial charge in [-0.05, 0) is 38.0 Å². The normalized spacial score (nSPS) is 15.6. The van der Waals surface area contributed by atoms with E-state index in [0.717, 1.165) is 6.54 Å². The Bertz CT molecular complexity index is 740. The van der Waals surface area contributed by atoms with E-state index in [0.29, 0.717) is 37.4 Å². The van der Waals surface area contributed by atoms with Gasteiger partial charge in [0.25, 0.3) is 0 Å². The van der Waals surface area contributed by atoms with Crippen molar-refractivity contribution in [2.24, 2.45) is 5.92 Å². The highest BCUT2D eigenvalue weighted by Crippen LogP contribution is 2.20. The summed E-state index contributed by atoms with van der Waals surface area (Å²) in [6.07, 6.45) is 9.53. The van der Waals surface area contributed by atoms with Crippen LogP contribution in [0.2, 0.25) is 0 Å². The minimum absolute atomic E-state index is 0.00567. The molecule has 132 valence electrons. The zero-order valence-electron chi connectivity index (χ0n) is 14.2. The third kappa shape index (κ3) is 4.37. The summed E-state index contributed by atoms with van der Waals surface area (Å²) in [5.74, 6) is 0.506. The summed E-state index contributed by atoms with van der Waals surface area (Å²) >= 11 is 0. The molecule has 25 heavy (non-hydrogen) atoms. The molecule has 3 rings (SSSR count). The van der Waals surface area contributed by atoms with Gasteiger partial charge in [0, 0.05) is 37.8 Å². The zero-order valence-corrected chi connectivity index (χ0v) is 14.2. The summed E-state index contributed by atoms with van der Waals surface area (Å²) in [6, 6.07) is 3.57. The van der Waals surface area contributed by atoms with Crippen molar-refractivity contribution in [2.75, 3.05) is 18.4 Å². The van der Waals surface area contributed by atoms with E-state index in [2.05, 4.69) is 10.4 Å². The number of carbonyl (C=O) groups excluding carboxylic acids is 2. The van der Waals surface area contributed by atoms with Gasteiger partial charge in [0.15, 0.2) is 0 Å². The van der Waals surface area contributed by atoms with E-state index in [1.807, 2.05) is 13.1 Å². The van der Waals surface area contributed by atoms with Gasteiger partial charge in [0.1, 0.15) is 5.76 Å². The molecule has 0 aromatic carbocycles. The Labute approximate surface area is 146 Å². The van der Waals surface area contributed by atoms with Crippen LogP contribution in [-0.4, -0.2) is 39.6 Å². The second-order valence-electron chi connectivity index (χ2n) is 6.02. The molecule has 0 spiro atoms. The standard InChI is InChI=1S/C18H22N4O3/c1-2-22-13-15(12-19-22)20-18(24)14-7-9-21(10-8-14)17(23)6-5-16-4-3-11-25-16/h3-6,11-14H,2,7-10H2,1H3,(H,20,24)/b6-5-. The molecule has 7 nitrogen and oxygen atoms in total. The Balaban J connectivity index is 1.47. The lowest BCUT2D eigenvalue weighted by Gasteiger charge is -2.30. The number of aromatic nitrogens is 2. The van der Waals surface area contributed by atoms with Gasteiger partial charge < -0.3 is 14.6 Å². The molecule has 3 heterocycles. The molecule has 0 saturated carbocycles. The average Bonchev–Trinajstić information content (AvgIpc) is 3.31. The molecule has 0 bridgehead atoms. The summed E-state index contributed by atoms with van der Waals surface area (Å²) in [6.45, 7) is 3.91. The smallest absolute Gasteiger partial charge is 0.246 e. The van der Waals surface area contributed by atoms with E-state index in [1.54, 1.807) is 40.3 Å². The Morgan fingerprint density at radius 3 is 2.84 bits per heavy atom. The van der Waals surface area contributed by atoms with Gasteiger partial charge in [-0.2, -0.15) is 5.10 Å². The number of amides is 2. The van der Waals surface area contributed by atoms with Gasteiger partial charge >= 0.3 is 0 Å². The van der Waals surface area contributed by atoms with Crippen molar-refractivity contribution in [3.8, 4) is 0 Å². The highest BCUT2D eigenvalue weighted by atomic mass is 16.3. The van der Waals surface area contributed by atoms with Crippen LogP contribution in [0.1, 0.15) is 25.5 Å². The Hall–Kier alpha value is -2.83.